The average Bonchev–Trinajstić information content (AvgIpc) is 2.68. The number of rotatable bonds is 8. The largest absolute Gasteiger partial charge is 0.457 e. The Morgan fingerprint density at radius 2 is 1.79 bits per heavy atom. The molecule has 0 radical (unpaired) electrons. The van der Waals surface area contributed by atoms with Gasteiger partial charge in [-0.2, -0.15) is 8.78 Å². The van der Waals surface area contributed by atoms with Crippen molar-refractivity contribution in [2.75, 3.05) is 11.9 Å². The lowest BCUT2D eigenvalue weighted by atomic mass is 9.87. The van der Waals surface area contributed by atoms with Gasteiger partial charge in [0, 0.05) is 18.3 Å². The molecule has 0 saturated heterocycles. The molecule has 0 amide bonds. The van der Waals surface area contributed by atoms with Crippen LogP contribution in [-0.4, -0.2) is 25.2 Å². The van der Waals surface area contributed by atoms with Crippen LogP contribution >= 0.6 is 0 Å². The van der Waals surface area contributed by atoms with Crippen molar-refractivity contribution in [3.05, 3.63) is 54.3 Å². The first-order valence-electron chi connectivity index (χ1n) is 9.43. The smallest absolute Gasteiger partial charge is 0.416 e. The Kier molecular flexibility index (Phi) is 6.95. The van der Waals surface area contributed by atoms with E-state index in [-0.39, 0.29) is 11.7 Å². The number of hydrogen-bond donors (Lipinski definition) is 1. The van der Waals surface area contributed by atoms with Crippen LogP contribution in [0.25, 0.3) is 0 Å². The van der Waals surface area contributed by atoms with E-state index >= 15 is 0 Å². The fourth-order valence-corrected chi connectivity index (χ4v) is 3.38. The molecular formula is C21H22F5NO2. The van der Waals surface area contributed by atoms with E-state index in [4.69, 9.17) is 4.74 Å². The zero-order valence-electron chi connectivity index (χ0n) is 15.6. The molecule has 3 nitrogen and oxygen atoms in total. The van der Waals surface area contributed by atoms with Crippen LogP contribution in [0.5, 0.6) is 11.5 Å². The maximum atomic E-state index is 13.1. The topological polar surface area (TPSA) is 30.5 Å². The number of anilines is 1. The van der Waals surface area contributed by atoms with Gasteiger partial charge in [0.1, 0.15) is 17.3 Å². The molecule has 1 aliphatic carbocycles. The second-order valence-corrected chi connectivity index (χ2v) is 7.10. The van der Waals surface area contributed by atoms with Crippen molar-refractivity contribution in [2.24, 2.45) is 5.92 Å². The highest BCUT2D eigenvalue weighted by Crippen LogP contribution is 2.33. The van der Waals surface area contributed by atoms with Gasteiger partial charge in [-0.15, -0.1) is 0 Å². The van der Waals surface area contributed by atoms with Crippen LogP contribution in [0.1, 0.15) is 25.7 Å². The molecule has 0 heterocycles. The average molecular weight is 415 g/mol. The van der Waals surface area contributed by atoms with Gasteiger partial charge in [0.15, 0.2) is 0 Å². The molecule has 1 fully saturated rings. The van der Waals surface area contributed by atoms with E-state index in [0.717, 1.165) is 12.1 Å². The van der Waals surface area contributed by atoms with Crippen molar-refractivity contribution < 1.29 is 31.4 Å². The lowest BCUT2D eigenvalue weighted by molar-refractivity contribution is -0.322. The number of nitrogens with one attached hydrogen (secondary N) is 1. The molecule has 0 spiro atoms. The SMILES string of the molecule is Fc1ccc(Oc2cccc(NCC3CCCC(OC(F)(F)C(F)F)C3)c2)cc1. The third-order valence-corrected chi connectivity index (χ3v) is 4.79. The van der Waals surface area contributed by atoms with Gasteiger partial charge in [-0.1, -0.05) is 12.5 Å². The normalized spacial score (nSPS) is 19.9. The zero-order chi connectivity index (χ0) is 20.9. The minimum atomic E-state index is -4.41. The van der Waals surface area contributed by atoms with E-state index in [0.29, 0.717) is 37.3 Å². The molecule has 3 rings (SSSR count). The monoisotopic (exact) mass is 415 g/mol. The highest BCUT2D eigenvalue weighted by Gasteiger charge is 2.45. The summed E-state index contributed by atoms with van der Waals surface area (Å²) in [6, 6.07) is 12.8. The van der Waals surface area contributed by atoms with E-state index in [2.05, 4.69) is 10.1 Å². The Balaban J connectivity index is 1.52. The Bertz CT molecular complexity index is 785. The number of hydrogen-bond acceptors (Lipinski definition) is 3. The maximum Gasteiger partial charge on any atom is 0.416 e. The van der Waals surface area contributed by atoms with Gasteiger partial charge < -0.3 is 14.8 Å². The third-order valence-electron chi connectivity index (χ3n) is 4.79. The number of benzene rings is 2. The molecule has 158 valence electrons. The quantitative estimate of drug-likeness (QED) is 0.502. The summed E-state index contributed by atoms with van der Waals surface area (Å²) >= 11 is 0. The molecule has 1 N–H and O–H groups in total. The van der Waals surface area contributed by atoms with Gasteiger partial charge in [0.2, 0.25) is 0 Å². The molecule has 0 bridgehead atoms. The van der Waals surface area contributed by atoms with E-state index in [1.165, 1.54) is 24.3 Å². The first-order valence-corrected chi connectivity index (χ1v) is 9.43. The van der Waals surface area contributed by atoms with Crippen molar-refractivity contribution in [2.45, 2.75) is 44.3 Å². The first kappa shape index (κ1) is 21.4. The molecule has 1 aliphatic rings. The predicted molar refractivity (Wildman–Crippen MR) is 99.2 cm³/mol. The van der Waals surface area contributed by atoms with E-state index in [1.807, 2.05) is 6.07 Å². The molecule has 0 aromatic heterocycles. The minimum Gasteiger partial charge on any atom is -0.457 e. The minimum absolute atomic E-state index is 0.0314. The van der Waals surface area contributed by atoms with Crippen molar-refractivity contribution in [1.29, 1.82) is 0 Å². The lowest BCUT2D eigenvalue weighted by Crippen LogP contribution is -2.37. The summed E-state index contributed by atoms with van der Waals surface area (Å²) in [6.07, 6.45) is -7.03. The first-order chi connectivity index (χ1) is 13.8. The lowest BCUT2D eigenvalue weighted by Gasteiger charge is -2.31. The molecule has 8 heteroatoms. The van der Waals surface area contributed by atoms with E-state index in [1.54, 1.807) is 18.2 Å². The summed E-state index contributed by atoms with van der Waals surface area (Å²) in [5.74, 6) is 0.733. The van der Waals surface area contributed by atoms with Gasteiger partial charge in [0.05, 0.1) is 6.10 Å². The highest BCUT2D eigenvalue weighted by atomic mass is 19.3. The Hall–Kier alpha value is -2.35. The Labute approximate surface area is 165 Å². The molecule has 0 aliphatic heterocycles. The van der Waals surface area contributed by atoms with Crippen molar-refractivity contribution in [3.63, 3.8) is 0 Å². The fraction of sp³-hybridized carbons (Fsp3) is 0.429. The predicted octanol–water partition coefficient (Wildman–Crippen LogP) is 6.46. The van der Waals surface area contributed by atoms with Crippen LogP contribution < -0.4 is 10.1 Å². The fourth-order valence-electron chi connectivity index (χ4n) is 3.38. The summed E-state index contributed by atoms with van der Waals surface area (Å²) in [7, 11) is 0. The molecular weight excluding hydrogens is 393 g/mol. The van der Waals surface area contributed by atoms with E-state index < -0.39 is 18.6 Å². The standard InChI is InChI=1S/C21H22F5NO2/c22-15-7-9-17(10-8-15)28-18-5-2-4-16(12-18)27-13-14-3-1-6-19(11-14)29-21(25,26)20(23)24/h2,4-5,7-10,12,14,19-20,27H,1,3,6,11,13H2. The summed E-state index contributed by atoms with van der Waals surface area (Å²) in [6.45, 7) is 0.500. The Morgan fingerprint density at radius 1 is 1.03 bits per heavy atom. The molecule has 2 aromatic rings. The van der Waals surface area contributed by atoms with Crippen LogP contribution in [0.15, 0.2) is 48.5 Å². The van der Waals surface area contributed by atoms with Crippen LogP contribution in [0.3, 0.4) is 0 Å². The van der Waals surface area contributed by atoms with Crippen LogP contribution in [0.2, 0.25) is 0 Å². The van der Waals surface area contributed by atoms with Crippen LogP contribution in [0, 0.1) is 11.7 Å². The summed E-state index contributed by atoms with van der Waals surface area (Å²) < 4.78 is 73.9. The van der Waals surface area contributed by atoms with Gasteiger partial charge in [-0.3, -0.25) is 0 Å². The van der Waals surface area contributed by atoms with Gasteiger partial charge in [-0.25, -0.2) is 13.2 Å². The second-order valence-electron chi connectivity index (χ2n) is 7.10. The zero-order valence-corrected chi connectivity index (χ0v) is 15.6. The van der Waals surface area contributed by atoms with Gasteiger partial charge >= 0.3 is 12.5 Å². The van der Waals surface area contributed by atoms with Crippen LogP contribution in [0.4, 0.5) is 27.6 Å². The highest BCUT2D eigenvalue weighted by molar-refractivity contribution is 5.49. The summed E-state index contributed by atoms with van der Waals surface area (Å²) in [5.41, 5.74) is 0.769. The summed E-state index contributed by atoms with van der Waals surface area (Å²) in [4.78, 5) is 0. The maximum absolute atomic E-state index is 13.1. The molecule has 29 heavy (non-hydrogen) atoms. The van der Waals surface area contributed by atoms with Crippen molar-refractivity contribution >= 4 is 5.69 Å². The molecule has 2 aromatic carbocycles. The van der Waals surface area contributed by atoms with Gasteiger partial charge in [0.25, 0.3) is 0 Å². The second kappa shape index (κ2) is 9.43. The van der Waals surface area contributed by atoms with Crippen molar-refractivity contribution in [1.82, 2.24) is 0 Å². The number of ether oxygens (including phenoxy) is 2. The third kappa shape index (κ3) is 6.32. The molecule has 2 unspecified atom stereocenters. The van der Waals surface area contributed by atoms with Gasteiger partial charge in [-0.05, 0) is 61.6 Å². The summed E-state index contributed by atoms with van der Waals surface area (Å²) in [5, 5.41) is 3.22. The molecule has 1 saturated carbocycles. The number of alkyl halides is 4. The Morgan fingerprint density at radius 3 is 2.52 bits per heavy atom. The van der Waals surface area contributed by atoms with E-state index in [9.17, 15) is 22.0 Å². The number of halogens is 5. The van der Waals surface area contributed by atoms with Crippen molar-refractivity contribution in [3.8, 4) is 11.5 Å². The molecule has 2 atom stereocenters. The van der Waals surface area contributed by atoms with Crippen LogP contribution in [-0.2, 0) is 4.74 Å².